The maximum Gasteiger partial charge on any atom is 0.224 e. The van der Waals surface area contributed by atoms with Crippen molar-refractivity contribution in [2.45, 2.75) is 6.92 Å². The number of nitrogens with zero attached hydrogens (tertiary/aromatic N) is 1. The smallest absolute Gasteiger partial charge is 0.224 e. The lowest BCUT2D eigenvalue weighted by atomic mass is 10.2. The summed E-state index contributed by atoms with van der Waals surface area (Å²) in [4.78, 5) is 12.9. The van der Waals surface area contributed by atoms with Crippen molar-refractivity contribution >= 4 is 11.6 Å². The minimum Gasteiger partial charge on any atom is -0.327 e. The summed E-state index contributed by atoms with van der Waals surface area (Å²) in [7, 11) is 0. The molecular formula is C12H15FN2O. The molecule has 0 fully saturated rings. The van der Waals surface area contributed by atoms with E-state index in [2.05, 4.69) is 0 Å². The van der Waals surface area contributed by atoms with Gasteiger partial charge in [-0.05, 0) is 17.7 Å². The van der Waals surface area contributed by atoms with Gasteiger partial charge < -0.3 is 10.6 Å². The van der Waals surface area contributed by atoms with Gasteiger partial charge in [0.05, 0.1) is 12.9 Å². The fraction of sp³-hybridized carbons (Fsp3) is 0.250. The Morgan fingerprint density at radius 1 is 1.44 bits per heavy atom. The second-order valence-corrected chi connectivity index (χ2v) is 3.41. The number of carbonyl (C=O) groups is 1. The van der Waals surface area contributed by atoms with Gasteiger partial charge in [0.1, 0.15) is 0 Å². The number of hydrogen-bond acceptors (Lipinski definition) is 2. The van der Waals surface area contributed by atoms with Crippen LogP contribution in [0.5, 0.6) is 0 Å². The number of nitrogens with two attached hydrogens (primary N) is 1. The van der Waals surface area contributed by atoms with Gasteiger partial charge in [-0.2, -0.15) is 0 Å². The first-order chi connectivity index (χ1) is 7.69. The molecule has 0 aliphatic heterocycles. The summed E-state index contributed by atoms with van der Waals surface area (Å²) in [6.07, 6.45) is 0.457. The molecule has 0 spiro atoms. The molecule has 2 N–H and O–H groups in total. The average Bonchev–Trinajstić information content (AvgIpc) is 2.31. The summed E-state index contributed by atoms with van der Waals surface area (Å²) in [6.45, 7) is 1.73. The van der Waals surface area contributed by atoms with Crippen molar-refractivity contribution in [2.75, 3.05) is 18.0 Å². The Bertz CT molecular complexity index is 376. The van der Waals surface area contributed by atoms with E-state index in [0.717, 1.165) is 5.69 Å². The van der Waals surface area contributed by atoms with E-state index < -0.39 is 0 Å². The van der Waals surface area contributed by atoms with E-state index in [1.165, 1.54) is 11.8 Å². The van der Waals surface area contributed by atoms with Gasteiger partial charge in [-0.25, -0.2) is 4.39 Å². The molecule has 0 saturated carbocycles. The highest BCUT2D eigenvalue weighted by Crippen LogP contribution is 2.15. The number of halogens is 1. The van der Waals surface area contributed by atoms with Crippen LogP contribution in [0.15, 0.2) is 42.2 Å². The van der Waals surface area contributed by atoms with Gasteiger partial charge in [-0.3, -0.25) is 4.79 Å². The first-order valence-electron chi connectivity index (χ1n) is 5.00. The van der Waals surface area contributed by atoms with Gasteiger partial charge in [0, 0.05) is 19.2 Å². The third kappa shape index (κ3) is 3.17. The van der Waals surface area contributed by atoms with Gasteiger partial charge in [0.2, 0.25) is 5.91 Å². The highest BCUT2D eigenvalue weighted by Gasteiger charge is 2.12. The van der Waals surface area contributed by atoms with Crippen LogP contribution in [-0.2, 0) is 4.79 Å². The molecule has 16 heavy (non-hydrogen) atoms. The fourth-order valence-corrected chi connectivity index (χ4v) is 1.34. The first-order valence-corrected chi connectivity index (χ1v) is 5.00. The molecule has 0 radical (unpaired) electrons. The van der Waals surface area contributed by atoms with E-state index in [4.69, 9.17) is 5.73 Å². The Labute approximate surface area is 94.4 Å². The van der Waals surface area contributed by atoms with Crippen LogP contribution in [0.1, 0.15) is 6.92 Å². The molecule has 1 aromatic rings. The average molecular weight is 222 g/mol. The lowest BCUT2D eigenvalue weighted by Crippen LogP contribution is -2.32. The van der Waals surface area contributed by atoms with Crippen molar-refractivity contribution in [1.29, 1.82) is 0 Å². The van der Waals surface area contributed by atoms with Crippen LogP contribution in [0.25, 0.3) is 0 Å². The molecule has 86 valence electrons. The first kappa shape index (κ1) is 12.4. The molecular weight excluding hydrogens is 207 g/mol. The molecule has 0 atom stereocenters. The van der Waals surface area contributed by atoms with Gasteiger partial charge in [0.25, 0.3) is 0 Å². The van der Waals surface area contributed by atoms with Crippen LogP contribution >= 0.6 is 0 Å². The van der Waals surface area contributed by atoms with Gasteiger partial charge in [-0.15, -0.1) is 0 Å². The minimum absolute atomic E-state index is 0.104. The predicted molar refractivity (Wildman–Crippen MR) is 62.7 cm³/mol. The topological polar surface area (TPSA) is 46.3 Å². The fourth-order valence-electron chi connectivity index (χ4n) is 1.34. The Kier molecular flexibility index (Phi) is 4.66. The number of benzene rings is 1. The number of hydrogen-bond donors (Lipinski definition) is 1. The Hall–Kier alpha value is -1.68. The summed E-state index contributed by atoms with van der Waals surface area (Å²) in [5.74, 6) is -0.140. The van der Waals surface area contributed by atoms with Crippen molar-refractivity contribution < 1.29 is 9.18 Å². The standard InChI is InChI=1S/C12H15FN2O/c1-10(16)15(9-11(7-13)8-14)12-5-3-2-4-6-12/h2-7H,8-9,14H2,1H3. The summed E-state index contributed by atoms with van der Waals surface area (Å²) >= 11 is 0. The monoisotopic (exact) mass is 222 g/mol. The van der Waals surface area contributed by atoms with Crippen LogP contribution in [-0.4, -0.2) is 19.0 Å². The quantitative estimate of drug-likeness (QED) is 0.845. The molecule has 0 aliphatic rings. The predicted octanol–water partition coefficient (Wildman–Crippen LogP) is 1.85. The largest absolute Gasteiger partial charge is 0.327 e. The van der Waals surface area contributed by atoms with E-state index in [0.29, 0.717) is 11.9 Å². The second-order valence-electron chi connectivity index (χ2n) is 3.41. The zero-order chi connectivity index (χ0) is 12.0. The van der Waals surface area contributed by atoms with E-state index >= 15 is 0 Å². The molecule has 3 nitrogen and oxygen atoms in total. The van der Waals surface area contributed by atoms with Crippen LogP contribution in [0.3, 0.4) is 0 Å². The number of rotatable bonds is 4. The van der Waals surface area contributed by atoms with Crippen molar-refractivity contribution in [1.82, 2.24) is 0 Å². The summed E-state index contributed by atoms with van der Waals surface area (Å²) in [5, 5.41) is 0. The molecule has 0 unspecified atom stereocenters. The highest BCUT2D eigenvalue weighted by atomic mass is 19.1. The summed E-state index contributed by atoms with van der Waals surface area (Å²) in [6, 6.07) is 9.11. The second kappa shape index (κ2) is 6.02. The van der Waals surface area contributed by atoms with E-state index in [9.17, 15) is 9.18 Å². The van der Waals surface area contributed by atoms with Crippen molar-refractivity contribution in [3.05, 3.63) is 42.2 Å². The molecule has 0 saturated heterocycles. The normalized spacial score (nSPS) is 11.3. The molecule has 0 heterocycles. The number of amides is 1. The zero-order valence-electron chi connectivity index (χ0n) is 9.19. The number of carbonyl (C=O) groups excluding carboxylic acids is 1. The number of anilines is 1. The van der Waals surface area contributed by atoms with Gasteiger partial charge in [0.15, 0.2) is 0 Å². The minimum atomic E-state index is -0.140. The third-order valence-electron chi connectivity index (χ3n) is 2.23. The molecule has 0 aromatic heterocycles. The Morgan fingerprint density at radius 3 is 2.50 bits per heavy atom. The van der Waals surface area contributed by atoms with Crippen molar-refractivity contribution in [3.8, 4) is 0 Å². The SMILES string of the molecule is CC(=O)N(CC(=CF)CN)c1ccccc1. The maximum atomic E-state index is 12.4. The van der Waals surface area contributed by atoms with Crippen LogP contribution in [0.4, 0.5) is 10.1 Å². The molecule has 0 bridgehead atoms. The van der Waals surface area contributed by atoms with Gasteiger partial charge >= 0.3 is 0 Å². The molecule has 1 aromatic carbocycles. The maximum absolute atomic E-state index is 12.4. The van der Waals surface area contributed by atoms with E-state index in [1.54, 1.807) is 12.1 Å². The summed E-state index contributed by atoms with van der Waals surface area (Å²) < 4.78 is 12.4. The lowest BCUT2D eigenvalue weighted by Gasteiger charge is -2.21. The molecule has 1 rings (SSSR count). The van der Waals surface area contributed by atoms with Crippen LogP contribution in [0, 0.1) is 0 Å². The van der Waals surface area contributed by atoms with Crippen molar-refractivity contribution in [2.24, 2.45) is 5.73 Å². The Balaban J connectivity index is 2.89. The third-order valence-corrected chi connectivity index (χ3v) is 2.23. The molecule has 0 aliphatic carbocycles. The van der Waals surface area contributed by atoms with Gasteiger partial charge in [-0.1, -0.05) is 18.2 Å². The van der Waals surface area contributed by atoms with Crippen molar-refractivity contribution in [3.63, 3.8) is 0 Å². The highest BCUT2D eigenvalue weighted by molar-refractivity contribution is 5.91. The van der Waals surface area contributed by atoms with Crippen LogP contribution in [0.2, 0.25) is 0 Å². The van der Waals surface area contributed by atoms with E-state index in [1.807, 2.05) is 18.2 Å². The molecule has 4 heteroatoms. The number of para-hydroxylation sites is 1. The van der Waals surface area contributed by atoms with Crippen LogP contribution < -0.4 is 10.6 Å². The lowest BCUT2D eigenvalue weighted by molar-refractivity contribution is -0.116. The zero-order valence-corrected chi connectivity index (χ0v) is 9.19. The van der Waals surface area contributed by atoms with E-state index in [-0.39, 0.29) is 19.0 Å². The molecule has 1 amide bonds. The Morgan fingerprint density at radius 2 is 2.06 bits per heavy atom. The summed E-state index contributed by atoms with van der Waals surface area (Å²) in [5.41, 5.74) is 6.49.